The molecule has 0 radical (unpaired) electrons. The Kier molecular flexibility index (Phi) is 5.75. The minimum absolute atomic E-state index is 0.0696. The van der Waals surface area contributed by atoms with E-state index in [-0.39, 0.29) is 18.7 Å². The number of benzene rings is 1. The summed E-state index contributed by atoms with van der Waals surface area (Å²) in [6.45, 7) is 1.84. The molecule has 2 amide bonds. The van der Waals surface area contributed by atoms with Crippen molar-refractivity contribution in [1.29, 1.82) is 0 Å². The molecule has 0 aliphatic heterocycles. The van der Waals surface area contributed by atoms with Gasteiger partial charge in [0.1, 0.15) is 0 Å². The molecule has 0 atom stereocenters. The van der Waals surface area contributed by atoms with Gasteiger partial charge in [-0.05, 0) is 55.5 Å². The number of hydrogen-bond donors (Lipinski definition) is 3. The number of aliphatic hydroxyl groups is 1. The first-order chi connectivity index (χ1) is 11.8. The summed E-state index contributed by atoms with van der Waals surface area (Å²) in [6.07, 6.45) is 6.94. The summed E-state index contributed by atoms with van der Waals surface area (Å²) >= 11 is 0. The van der Waals surface area contributed by atoms with E-state index >= 15 is 0 Å². The van der Waals surface area contributed by atoms with Crippen LogP contribution in [-0.4, -0.2) is 34.9 Å². The second-order valence-electron chi connectivity index (χ2n) is 6.72. The Labute approximate surface area is 143 Å². The van der Waals surface area contributed by atoms with Crippen LogP contribution in [0.4, 0.5) is 4.79 Å². The Morgan fingerprint density at radius 2 is 1.96 bits per heavy atom. The fourth-order valence-electron chi connectivity index (χ4n) is 3.51. The maximum atomic E-state index is 12.0. The normalized spacial score (nSPS) is 20.9. The average molecular weight is 329 g/mol. The second kappa shape index (κ2) is 8.20. The number of nitrogens with one attached hydrogen (secondary N) is 2. The van der Waals surface area contributed by atoms with E-state index in [0.29, 0.717) is 12.5 Å². The number of carbonyl (C=O) groups excluding carboxylic acids is 1. The average Bonchev–Trinajstić information content (AvgIpc) is 3.03. The Bertz CT molecular complexity index is 659. The smallest absolute Gasteiger partial charge is 0.315 e. The van der Waals surface area contributed by atoms with Crippen LogP contribution in [0, 0.1) is 5.92 Å². The molecule has 130 valence electrons. The number of aliphatic hydroxyl groups excluding tert-OH is 1. The number of urea groups is 1. The van der Waals surface area contributed by atoms with Crippen molar-refractivity contribution in [2.45, 2.75) is 44.7 Å². The molecule has 1 aromatic heterocycles. The zero-order valence-electron chi connectivity index (χ0n) is 14.1. The Hall–Kier alpha value is -2.01. The van der Waals surface area contributed by atoms with Crippen molar-refractivity contribution in [1.82, 2.24) is 15.2 Å². The predicted octanol–water partition coefficient (Wildman–Crippen LogP) is 2.88. The molecule has 1 aromatic carbocycles. The lowest BCUT2D eigenvalue weighted by Crippen LogP contribution is -2.44. The number of aromatic nitrogens is 1. The molecule has 1 heterocycles. The monoisotopic (exact) mass is 329 g/mol. The van der Waals surface area contributed by atoms with Crippen molar-refractivity contribution in [2.24, 2.45) is 5.92 Å². The molecular formula is C19H27N3O2. The van der Waals surface area contributed by atoms with E-state index in [1.165, 1.54) is 10.9 Å². The van der Waals surface area contributed by atoms with Gasteiger partial charge in [-0.25, -0.2) is 4.79 Å². The van der Waals surface area contributed by atoms with E-state index in [1.807, 2.05) is 6.07 Å². The first-order valence-corrected chi connectivity index (χ1v) is 8.95. The number of carbonyl (C=O) groups is 1. The van der Waals surface area contributed by atoms with Crippen LogP contribution in [0.25, 0.3) is 10.9 Å². The van der Waals surface area contributed by atoms with E-state index < -0.39 is 0 Å². The van der Waals surface area contributed by atoms with Crippen LogP contribution in [0.1, 0.15) is 32.1 Å². The number of hydrogen-bond acceptors (Lipinski definition) is 2. The maximum Gasteiger partial charge on any atom is 0.315 e. The molecule has 5 heteroatoms. The third kappa shape index (κ3) is 4.29. The van der Waals surface area contributed by atoms with Gasteiger partial charge in [0.05, 0.1) is 0 Å². The quantitative estimate of drug-likeness (QED) is 0.714. The zero-order valence-corrected chi connectivity index (χ0v) is 14.1. The lowest BCUT2D eigenvalue weighted by Gasteiger charge is -2.27. The molecular weight excluding hydrogens is 302 g/mol. The summed E-state index contributed by atoms with van der Waals surface area (Å²) in [5, 5.41) is 16.4. The summed E-state index contributed by atoms with van der Waals surface area (Å²) in [4.78, 5) is 12.0. The molecule has 1 fully saturated rings. The Morgan fingerprint density at radius 3 is 2.75 bits per heavy atom. The van der Waals surface area contributed by atoms with Crippen molar-refractivity contribution in [2.75, 3.05) is 13.2 Å². The van der Waals surface area contributed by atoms with Gasteiger partial charge in [0.2, 0.25) is 0 Å². The number of fused-ring (bicyclic) bond motifs is 1. The predicted molar refractivity (Wildman–Crippen MR) is 95.9 cm³/mol. The molecule has 0 bridgehead atoms. The molecule has 0 unspecified atom stereocenters. The van der Waals surface area contributed by atoms with Crippen molar-refractivity contribution in [3.05, 3.63) is 36.5 Å². The summed E-state index contributed by atoms with van der Waals surface area (Å²) in [7, 11) is 0. The fourth-order valence-corrected chi connectivity index (χ4v) is 3.51. The lowest BCUT2D eigenvalue weighted by molar-refractivity contribution is 0.174. The Balaban J connectivity index is 1.35. The molecule has 5 nitrogen and oxygen atoms in total. The molecule has 1 aliphatic carbocycles. The highest BCUT2D eigenvalue weighted by atomic mass is 16.3. The van der Waals surface area contributed by atoms with E-state index in [9.17, 15) is 4.79 Å². The molecule has 1 aliphatic rings. The van der Waals surface area contributed by atoms with Gasteiger partial charge in [0.15, 0.2) is 0 Å². The van der Waals surface area contributed by atoms with Gasteiger partial charge in [0.25, 0.3) is 0 Å². The van der Waals surface area contributed by atoms with Crippen LogP contribution in [0.5, 0.6) is 0 Å². The van der Waals surface area contributed by atoms with Crippen LogP contribution in [0.2, 0.25) is 0 Å². The van der Waals surface area contributed by atoms with Crippen LogP contribution in [0.15, 0.2) is 36.5 Å². The largest absolute Gasteiger partial charge is 0.396 e. The zero-order chi connectivity index (χ0) is 16.8. The highest BCUT2D eigenvalue weighted by Gasteiger charge is 2.21. The van der Waals surface area contributed by atoms with E-state index in [1.54, 1.807) is 0 Å². The van der Waals surface area contributed by atoms with Gasteiger partial charge >= 0.3 is 6.03 Å². The van der Waals surface area contributed by atoms with Crippen LogP contribution in [-0.2, 0) is 6.54 Å². The molecule has 0 spiro atoms. The van der Waals surface area contributed by atoms with Crippen LogP contribution in [0.3, 0.4) is 0 Å². The molecule has 3 N–H and O–H groups in total. The number of amides is 2. The lowest BCUT2D eigenvalue weighted by atomic mass is 9.87. The molecule has 3 rings (SSSR count). The van der Waals surface area contributed by atoms with Gasteiger partial charge in [0, 0.05) is 37.5 Å². The summed E-state index contributed by atoms with van der Waals surface area (Å²) in [5.74, 6) is 0.419. The standard InChI is InChI=1S/C19H27N3O2/c23-14-15-6-8-17(9-7-15)21-19(24)20-11-3-12-22-13-10-16-4-1-2-5-18(16)22/h1-2,4-5,10,13,15,17,23H,3,6-9,11-12,14H2,(H2,20,21,24). The van der Waals surface area contributed by atoms with E-state index in [2.05, 4.69) is 45.7 Å². The van der Waals surface area contributed by atoms with Crippen molar-refractivity contribution < 1.29 is 9.90 Å². The van der Waals surface area contributed by atoms with Gasteiger partial charge in [-0.1, -0.05) is 18.2 Å². The van der Waals surface area contributed by atoms with Crippen molar-refractivity contribution in [3.63, 3.8) is 0 Å². The number of nitrogens with zero attached hydrogens (tertiary/aromatic N) is 1. The summed E-state index contributed by atoms with van der Waals surface area (Å²) in [6, 6.07) is 10.6. The van der Waals surface area contributed by atoms with Crippen molar-refractivity contribution in [3.8, 4) is 0 Å². The third-order valence-corrected chi connectivity index (χ3v) is 4.98. The van der Waals surface area contributed by atoms with Gasteiger partial charge in [-0.15, -0.1) is 0 Å². The summed E-state index contributed by atoms with van der Waals surface area (Å²) < 4.78 is 2.23. The summed E-state index contributed by atoms with van der Waals surface area (Å²) in [5.41, 5.74) is 1.24. The van der Waals surface area contributed by atoms with Gasteiger partial charge in [-0.3, -0.25) is 0 Å². The van der Waals surface area contributed by atoms with E-state index in [4.69, 9.17) is 5.11 Å². The first kappa shape index (κ1) is 16.8. The molecule has 0 saturated heterocycles. The van der Waals surface area contributed by atoms with Gasteiger partial charge in [-0.2, -0.15) is 0 Å². The second-order valence-corrected chi connectivity index (χ2v) is 6.72. The van der Waals surface area contributed by atoms with Crippen LogP contribution >= 0.6 is 0 Å². The fraction of sp³-hybridized carbons (Fsp3) is 0.526. The van der Waals surface area contributed by atoms with E-state index in [0.717, 1.165) is 38.6 Å². The first-order valence-electron chi connectivity index (χ1n) is 8.95. The topological polar surface area (TPSA) is 66.3 Å². The minimum atomic E-state index is -0.0696. The minimum Gasteiger partial charge on any atom is -0.396 e. The molecule has 1 saturated carbocycles. The van der Waals surface area contributed by atoms with Gasteiger partial charge < -0.3 is 20.3 Å². The Morgan fingerprint density at radius 1 is 1.17 bits per heavy atom. The molecule has 2 aromatic rings. The third-order valence-electron chi connectivity index (χ3n) is 4.98. The molecule has 24 heavy (non-hydrogen) atoms. The number of aryl methyl sites for hydroxylation is 1. The maximum absolute atomic E-state index is 12.0. The highest BCUT2D eigenvalue weighted by Crippen LogP contribution is 2.23. The SMILES string of the molecule is O=C(NCCCn1ccc2ccccc21)NC1CCC(CO)CC1. The van der Waals surface area contributed by atoms with Crippen molar-refractivity contribution >= 4 is 16.9 Å². The number of rotatable bonds is 6. The number of para-hydroxylation sites is 1. The van der Waals surface area contributed by atoms with Crippen LogP contribution < -0.4 is 10.6 Å². The highest BCUT2D eigenvalue weighted by molar-refractivity contribution is 5.79.